The first kappa shape index (κ1) is 41.9. The first-order chi connectivity index (χ1) is 37.2. The second kappa shape index (κ2) is 15.9. The highest BCUT2D eigenvalue weighted by Gasteiger charge is 2.54. The second-order valence-electron chi connectivity index (χ2n) is 20.2. The van der Waals surface area contributed by atoms with Gasteiger partial charge in [0.2, 0.25) is 0 Å². The fraction of sp³-hybridized carbons (Fsp3) is 0.0278. The normalized spacial score (nSPS) is 14.0. The molecule has 2 heterocycles. The van der Waals surface area contributed by atoms with E-state index in [0.29, 0.717) is 0 Å². The van der Waals surface area contributed by atoms with Gasteiger partial charge in [-0.2, -0.15) is 0 Å². The topological polar surface area (TPSA) is 21.7 Å². The third-order valence-electron chi connectivity index (χ3n) is 16.6. The van der Waals surface area contributed by atoms with E-state index >= 15 is 0 Å². The quantitative estimate of drug-likeness (QED) is 0.172. The van der Waals surface area contributed by atoms with E-state index in [0.717, 1.165) is 67.9 Å². The number of fused-ring (bicyclic) bond motifs is 20. The molecule has 0 saturated carbocycles. The summed E-state index contributed by atoms with van der Waals surface area (Å²) >= 11 is 0. The Bertz CT molecular complexity index is 4220. The molecule has 12 aromatic carbocycles. The minimum absolute atomic E-state index is 0.643. The van der Waals surface area contributed by atoms with Gasteiger partial charge in [0.05, 0.1) is 22.2 Å². The fourth-order valence-corrected chi connectivity index (χ4v) is 13.6. The van der Waals surface area contributed by atoms with E-state index in [4.69, 9.17) is 9.47 Å². The second-order valence-corrected chi connectivity index (χ2v) is 20.2. The number of hydrogen-bond acceptors (Lipinski definition) is 3. The number of ether oxygens (including phenoxy) is 2. The van der Waals surface area contributed by atoms with Gasteiger partial charge in [-0.05, 0) is 115 Å². The van der Waals surface area contributed by atoms with Crippen molar-refractivity contribution in [2.75, 3.05) is 4.90 Å². The van der Waals surface area contributed by atoms with Crippen LogP contribution in [0.15, 0.2) is 273 Å². The highest BCUT2D eigenvalue weighted by molar-refractivity contribution is 6.10. The molecule has 0 unspecified atom stereocenters. The van der Waals surface area contributed by atoms with Crippen LogP contribution in [0.25, 0.3) is 55.3 Å². The van der Waals surface area contributed by atoms with Crippen molar-refractivity contribution >= 4 is 27.8 Å². The van der Waals surface area contributed by atoms with Crippen LogP contribution in [-0.4, -0.2) is 0 Å². The van der Waals surface area contributed by atoms with Crippen LogP contribution < -0.4 is 14.4 Å². The maximum atomic E-state index is 6.84. The van der Waals surface area contributed by atoms with Crippen LogP contribution >= 0.6 is 0 Å². The molecule has 0 fully saturated rings. The molecule has 2 spiro atoms. The van der Waals surface area contributed by atoms with Gasteiger partial charge in [-0.25, -0.2) is 0 Å². The summed E-state index contributed by atoms with van der Waals surface area (Å²) in [6.45, 7) is 0. The van der Waals surface area contributed by atoms with Crippen molar-refractivity contribution in [3.05, 3.63) is 317 Å². The van der Waals surface area contributed by atoms with Crippen LogP contribution in [0.5, 0.6) is 23.0 Å². The molecule has 0 amide bonds. The Kier molecular flexibility index (Phi) is 8.88. The van der Waals surface area contributed by atoms with E-state index < -0.39 is 10.8 Å². The predicted octanol–water partition coefficient (Wildman–Crippen LogP) is 18.6. The summed E-state index contributed by atoms with van der Waals surface area (Å²) in [6.07, 6.45) is 0. The maximum Gasteiger partial charge on any atom is 0.132 e. The largest absolute Gasteiger partial charge is 0.457 e. The smallest absolute Gasteiger partial charge is 0.132 e. The first-order valence-corrected chi connectivity index (χ1v) is 25.9. The molecule has 0 saturated heterocycles. The van der Waals surface area contributed by atoms with Gasteiger partial charge in [0.25, 0.3) is 0 Å². The van der Waals surface area contributed by atoms with E-state index in [1.165, 1.54) is 72.0 Å². The van der Waals surface area contributed by atoms with E-state index in [-0.39, 0.29) is 0 Å². The predicted molar refractivity (Wildman–Crippen MR) is 304 cm³/mol. The standard InChI is InChI=1S/C72H45NO2/c1-2-18-46(19-3-1)47-36-38-48(39-37-47)49-40-43-51(44-41-49)73(62-30-16-28-59-68(62)53-22-6-7-23-54(53)71(59)55-24-8-12-32-64(55)74-65-33-13-9-25-56(65)71)63-31-17-29-60-70(63)69-52-21-5-4-20-50(52)42-45-61(69)72(60)57-26-10-14-34-66(57)75-67-35-15-11-27-58(67)72/h1-45H. The molecule has 0 N–H and O–H groups in total. The Hall–Kier alpha value is -9.70. The highest BCUT2D eigenvalue weighted by Crippen LogP contribution is 2.67. The summed E-state index contributed by atoms with van der Waals surface area (Å²) in [5, 5.41) is 2.42. The van der Waals surface area contributed by atoms with Crippen LogP contribution in [-0.2, 0) is 10.8 Å². The molecular formula is C72H45NO2. The first-order valence-electron chi connectivity index (χ1n) is 25.9. The van der Waals surface area contributed by atoms with Crippen molar-refractivity contribution in [3.8, 4) is 67.5 Å². The lowest BCUT2D eigenvalue weighted by Crippen LogP contribution is -2.32. The van der Waals surface area contributed by atoms with Gasteiger partial charge in [-0.1, -0.05) is 224 Å². The molecular weight excluding hydrogens is 911 g/mol. The summed E-state index contributed by atoms with van der Waals surface area (Å²) in [5.41, 5.74) is 21.0. The van der Waals surface area contributed by atoms with Gasteiger partial charge in [-0.3, -0.25) is 0 Å². The van der Waals surface area contributed by atoms with Crippen LogP contribution in [0.1, 0.15) is 44.5 Å². The average molecular weight is 956 g/mol. The van der Waals surface area contributed by atoms with Gasteiger partial charge in [0, 0.05) is 39.1 Å². The monoisotopic (exact) mass is 955 g/mol. The zero-order valence-corrected chi connectivity index (χ0v) is 40.7. The third-order valence-corrected chi connectivity index (χ3v) is 16.6. The summed E-state index contributed by atoms with van der Waals surface area (Å²) in [7, 11) is 0. The molecule has 350 valence electrons. The lowest BCUT2D eigenvalue weighted by Gasteiger charge is -2.40. The minimum atomic E-state index is -0.678. The zero-order chi connectivity index (χ0) is 49.2. The molecule has 2 aliphatic carbocycles. The zero-order valence-electron chi connectivity index (χ0n) is 40.7. The van der Waals surface area contributed by atoms with Gasteiger partial charge in [0.1, 0.15) is 23.0 Å². The van der Waals surface area contributed by atoms with Gasteiger partial charge < -0.3 is 14.4 Å². The van der Waals surface area contributed by atoms with Crippen LogP contribution in [0, 0.1) is 0 Å². The molecule has 0 radical (unpaired) electrons. The third kappa shape index (κ3) is 5.70. The van der Waals surface area contributed by atoms with Crippen molar-refractivity contribution in [2.24, 2.45) is 0 Å². The highest BCUT2D eigenvalue weighted by atomic mass is 16.5. The van der Waals surface area contributed by atoms with Crippen LogP contribution in [0.2, 0.25) is 0 Å². The molecule has 2 aliphatic heterocycles. The number of benzene rings is 12. The maximum absolute atomic E-state index is 6.84. The van der Waals surface area contributed by atoms with E-state index in [9.17, 15) is 0 Å². The molecule has 0 bridgehead atoms. The lowest BCUT2D eigenvalue weighted by atomic mass is 9.66. The number of anilines is 3. The van der Waals surface area contributed by atoms with Crippen molar-refractivity contribution in [1.82, 2.24) is 0 Å². The van der Waals surface area contributed by atoms with Gasteiger partial charge in [-0.15, -0.1) is 0 Å². The lowest BCUT2D eigenvalue weighted by molar-refractivity contribution is 0.436. The molecule has 4 aliphatic rings. The average Bonchev–Trinajstić information content (AvgIpc) is 4.17. The Morgan fingerprint density at radius 1 is 0.253 bits per heavy atom. The van der Waals surface area contributed by atoms with E-state index in [1.54, 1.807) is 0 Å². The van der Waals surface area contributed by atoms with Crippen molar-refractivity contribution in [3.63, 3.8) is 0 Å². The van der Waals surface area contributed by atoms with Gasteiger partial charge in [0.15, 0.2) is 0 Å². The number of rotatable bonds is 5. The van der Waals surface area contributed by atoms with Gasteiger partial charge >= 0.3 is 0 Å². The van der Waals surface area contributed by atoms with Crippen molar-refractivity contribution in [2.45, 2.75) is 10.8 Å². The SMILES string of the molecule is c1ccc(-c2ccc(-c3ccc(N(c4cccc5c4-c4ccccc4C54c5ccccc5Oc5ccccc54)c4cccc5c4-c4c(ccc6ccccc46)C54c5ccccc5Oc5ccccc54)cc3)cc2)cc1. The Balaban J connectivity index is 0.997. The molecule has 3 heteroatoms. The summed E-state index contributed by atoms with van der Waals surface area (Å²) in [4.78, 5) is 2.56. The molecule has 16 rings (SSSR count). The number of nitrogens with zero attached hydrogens (tertiary/aromatic N) is 1. The van der Waals surface area contributed by atoms with Crippen LogP contribution in [0.4, 0.5) is 17.1 Å². The van der Waals surface area contributed by atoms with Crippen molar-refractivity contribution in [1.29, 1.82) is 0 Å². The Morgan fingerprint density at radius 3 is 1.23 bits per heavy atom. The van der Waals surface area contributed by atoms with Crippen molar-refractivity contribution < 1.29 is 9.47 Å². The van der Waals surface area contributed by atoms with E-state index in [2.05, 4.69) is 278 Å². The Labute approximate surface area is 435 Å². The van der Waals surface area contributed by atoms with Crippen LogP contribution in [0.3, 0.4) is 0 Å². The van der Waals surface area contributed by atoms with E-state index in [1.807, 2.05) is 0 Å². The molecule has 0 atom stereocenters. The molecule has 0 aromatic heterocycles. The number of hydrogen-bond donors (Lipinski definition) is 0. The Morgan fingerprint density at radius 2 is 0.653 bits per heavy atom. The molecule has 75 heavy (non-hydrogen) atoms. The summed E-state index contributed by atoms with van der Waals surface area (Å²) < 4.78 is 13.6. The molecule has 3 nitrogen and oxygen atoms in total. The molecule has 12 aromatic rings. The fourth-order valence-electron chi connectivity index (χ4n) is 13.6. The number of para-hydroxylation sites is 4. The summed E-state index contributed by atoms with van der Waals surface area (Å²) in [6, 6.07) is 100. The minimum Gasteiger partial charge on any atom is -0.457 e. The summed E-state index contributed by atoms with van der Waals surface area (Å²) in [5.74, 6) is 3.50.